The Balaban J connectivity index is 1.88. The lowest BCUT2D eigenvalue weighted by Gasteiger charge is -2.14. The molecule has 0 amide bonds. The maximum Gasteiger partial charge on any atom is 0.419 e. The summed E-state index contributed by atoms with van der Waals surface area (Å²) < 4.78 is 6.88. The average Bonchev–Trinajstić information content (AvgIpc) is 3.03. The van der Waals surface area contributed by atoms with E-state index >= 15 is 0 Å². The van der Waals surface area contributed by atoms with Gasteiger partial charge in [-0.2, -0.15) is 0 Å². The van der Waals surface area contributed by atoms with Crippen molar-refractivity contribution in [3.8, 4) is 0 Å². The Morgan fingerprint density at radius 2 is 2.00 bits per heavy atom. The van der Waals surface area contributed by atoms with Gasteiger partial charge in [-0.1, -0.05) is 6.07 Å². The number of hydrogen-bond acceptors (Lipinski definition) is 4. The van der Waals surface area contributed by atoms with E-state index in [2.05, 4.69) is 4.90 Å². The van der Waals surface area contributed by atoms with Crippen LogP contribution in [-0.2, 0) is 13.2 Å². The van der Waals surface area contributed by atoms with E-state index in [1.54, 1.807) is 16.7 Å². The van der Waals surface area contributed by atoms with Gasteiger partial charge in [0, 0.05) is 13.1 Å². The molecule has 0 saturated carbocycles. The first-order valence-electron chi connectivity index (χ1n) is 6.73. The highest BCUT2D eigenvalue weighted by Gasteiger charge is 2.14. The van der Waals surface area contributed by atoms with E-state index in [1.165, 1.54) is 12.8 Å². The number of rotatable bonds is 4. The van der Waals surface area contributed by atoms with Crippen molar-refractivity contribution in [3.63, 3.8) is 0 Å². The third kappa shape index (κ3) is 2.43. The van der Waals surface area contributed by atoms with Crippen molar-refractivity contribution in [2.45, 2.75) is 26.0 Å². The fourth-order valence-corrected chi connectivity index (χ4v) is 2.67. The van der Waals surface area contributed by atoms with E-state index in [-0.39, 0.29) is 12.4 Å². The molecule has 1 aromatic heterocycles. The quantitative estimate of drug-likeness (QED) is 0.899. The lowest BCUT2D eigenvalue weighted by atomic mass is 10.2. The van der Waals surface area contributed by atoms with Crippen molar-refractivity contribution in [1.82, 2.24) is 9.47 Å². The molecule has 0 aliphatic carbocycles. The van der Waals surface area contributed by atoms with E-state index in [1.807, 2.05) is 6.07 Å². The zero-order chi connectivity index (χ0) is 13.2. The monoisotopic (exact) mass is 262 g/mol. The fourth-order valence-electron chi connectivity index (χ4n) is 2.67. The van der Waals surface area contributed by atoms with Crippen molar-refractivity contribution >= 4 is 11.1 Å². The van der Waals surface area contributed by atoms with Gasteiger partial charge in [0.1, 0.15) is 0 Å². The smallest absolute Gasteiger partial charge is 0.408 e. The minimum absolute atomic E-state index is 0.0264. The van der Waals surface area contributed by atoms with Crippen LogP contribution in [0.2, 0.25) is 0 Å². The highest BCUT2D eigenvalue weighted by Crippen LogP contribution is 2.16. The zero-order valence-corrected chi connectivity index (χ0v) is 10.8. The average molecular weight is 262 g/mol. The van der Waals surface area contributed by atoms with E-state index in [0.717, 1.165) is 30.7 Å². The summed E-state index contributed by atoms with van der Waals surface area (Å²) in [7, 11) is 0. The van der Waals surface area contributed by atoms with Crippen LogP contribution in [0.1, 0.15) is 18.4 Å². The second-order valence-corrected chi connectivity index (χ2v) is 5.03. The Morgan fingerprint density at radius 1 is 1.21 bits per heavy atom. The molecule has 1 aliphatic heterocycles. The van der Waals surface area contributed by atoms with Crippen molar-refractivity contribution in [2.75, 3.05) is 19.6 Å². The summed E-state index contributed by atoms with van der Waals surface area (Å²) in [5, 5.41) is 9.17. The highest BCUT2D eigenvalue weighted by atomic mass is 16.4. The molecule has 1 fully saturated rings. The Labute approximate surface area is 111 Å². The van der Waals surface area contributed by atoms with Gasteiger partial charge in [0.2, 0.25) is 0 Å². The molecule has 19 heavy (non-hydrogen) atoms. The normalized spacial score (nSPS) is 16.5. The fraction of sp³-hybridized carbons (Fsp3) is 0.500. The minimum Gasteiger partial charge on any atom is -0.408 e. The first-order valence-corrected chi connectivity index (χ1v) is 6.73. The molecule has 0 radical (unpaired) electrons. The predicted octanol–water partition coefficient (Wildman–Crippen LogP) is 1.18. The molecule has 5 nitrogen and oxygen atoms in total. The van der Waals surface area contributed by atoms with Crippen LogP contribution in [0.15, 0.2) is 27.4 Å². The molecule has 0 spiro atoms. The topological polar surface area (TPSA) is 58.6 Å². The standard InChI is InChI=1S/C14H18N2O3/c17-10-11-3-4-13-12(9-11)16(14(18)19-13)8-7-15-5-1-2-6-15/h3-4,9,17H,1-2,5-8,10H2. The first-order chi connectivity index (χ1) is 9.28. The van der Waals surface area contributed by atoms with Crippen molar-refractivity contribution < 1.29 is 9.52 Å². The van der Waals surface area contributed by atoms with Crippen molar-refractivity contribution in [2.24, 2.45) is 0 Å². The molecule has 1 aromatic carbocycles. The number of aliphatic hydroxyl groups excluding tert-OH is 1. The Hall–Kier alpha value is -1.59. The van der Waals surface area contributed by atoms with Gasteiger partial charge >= 0.3 is 5.76 Å². The predicted molar refractivity (Wildman–Crippen MR) is 72.1 cm³/mol. The number of hydrogen-bond donors (Lipinski definition) is 1. The van der Waals surface area contributed by atoms with Gasteiger partial charge in [-0.3, -0.25) is 4.57 Å². The number of aromatic nitrogens is 1. The van der Waals surface area contributed by atoms with Crippen LogP contribution in [0.3, 0.4) is 0 Å². The lowest BCUT2D eigenvalue weighted by Crippen LogP contribution is -2.27. The van der Waals surface area contributed by atoms with Gasteiger partial charge in [0.25, 0.3) is 0 Å². The number of oxazole rings is 1. The van der Waals surface area contributed by atoms with Crippen LogP contribution < -0.4 is 5.76 Å². The van der Waals surface area contributed by atoms with Crippen LogP contribution in [0.25, 0.3) is 11.1 Å². The summed E-state index contributed by atoms with van der Waals surface area (Å²) >= 11 is 0. The maximum atomic E-state index is 11.9. The molecular weight excluding hydrogens is 244 g/mol. The third-order valence-corrected chi connectivity index (χ3v) is 3.75. The molecule has 1 saturated heterocycles. The summed E-state index contributed by atoms with van der Waals surface area (Å²) in [5.41, 5.74) is 2.16. The van der Waals surface area contributed by atoms with E-state index in [4.69, 9.17) is 4.42 Å². The van der Waals surface area contributed by atoms with Gasteiger partial charge in [0.05, 0.1) is 12.1 Å². The molecule has 5 heteroatoms. The molecular formula is C14H18N2O3. The Morgan fingerprint density at radius 3 is 2.74 bits per heavy atom. The minimum atomic E-state index is -0.315. The Bertz CT molecular complexity index is 623. The highest BCUT2D eigenvalue weighted by molar-refractivity contribution is 5.73. The molecule has 0 atom stereocenters. The summed E-state index contributed by atoms with van der Waals surface area (Å²) in [6, 6.07) is 5.34. The van der Waals surface area contributed by atoms with Crippen LogP contribution in [0, 0.1) is 0 Å². The summed E-state index contributed by atoms with van der Waals surface area (Å²) in [5.74, 6) is -0.315. The molecule has 2 aromatic rings. The Kier molecular flexibility index (Phi) is 3.40. The number of fused-ring (bicyclic) bond motifs is 1. The SMILES string of the molecule is O=c1oc2ccc(CO)cc2n1CCN1CCCC1. The maximum absolute atomic E-state index is 11.9. The van der Waals surface area contributed by atoms with Gasteiger partial charge < -0.3 is 14.4 Å². The molecule has 1 aliphatic rings. The number of likely N-dealkylation sites (tertiary alicyclic amines) is 1. The van der Waals surface area contributed by atoms with Gasteiger partial charge in [-0.15, -0.1) is 0 Å². The largest absolute Gasteiger partial charge is 0.419 e. The van der Waals surface area contributed by atoms with Crippen molar-refractivity contribution in [3.05, 3.63) is 34.3 Å². The molecule has 102 valence electrons. The van der Waals surface area contributed by atoms with Crippen LogP contribution in [0.4, 0.5) is 0 Å². The van der Waals surface area contributed by atoms with Gasteiger partial charge in [-0.25, -0.2) is 4.79 Å². The molecule has 1 N–H and O–H groups in total. The third-order valence-electron chi connectivity index (χ3n) is 3.75. The van der Waals surface area contributed by atoms with Crippen LogP contribution >= 0.6 is 0 Å². The summed E-state index contributed by atoms with van der Waals surface area (Å²) in [6.45, 7) is 3.72. The second kappa shape index (κ2) is 5.19. The molecule has 0 unspecified atom stereocenters. The molecule has 0 bridgehead atoms. The number of aliphatic hydroxyl groups is 1. The van der Waals surface area contributed by atoms with Crippen molar-refractivity contribution in [1.29, 1.82) is 0 Å². The zero-order valence-electron chi connectivity index (χ0n) is 10.8. The van der Waals surface area contributed by atoms with Crippen LogP contribution in [-0.4, -0.2) is 34.2 Å². The molecule has 2 heterocycles. The summed E-state index contributed by atoms with van der Waals surface area (Å²) in [6.07, 6.45) is 2.49. The number of nitrogens with zero attached hydrogens (tertiary/aromatic N) is 2. The van der Waals surface area contributed by atoms with E-state index in [0.29, 0.717) is 12.1 Å². The van der Waals surface area contributed by atoms with Gasteiger partial charge in [0.15, 0.2) is 5.58 Å². The van der Waals surface area contributed by atoms with E-state index in [9.17, 15) is 9.90 Å². The number of benzene rings is 1. The summed E-state index contributed by atoms with van der Waals surface area (Å²) in [4.78, 5) is 14.2. The first kappa shape index (κ1) is 12.4. The second-order valence-electron chi connectivity index (χ2n) is 5.03. The molecule has 3 rings (SSSR count). The van der Waals surface area contributed by atoms with Gasteiger partial charge in [-0.05, 0) is 43.6 Å². The lowest BCUT2D eigenvalue weighted by molar-refractivity contribution is 0.282. The van der Waals surface area contributed by atoms with E-state index < -0.39 is 0 Å². The van der Waals surface area contributed by atoms with Crippen LogP contribution in [0.5, 0.6) is 0 Å².